The minimum atomic E-state index is -3.66. The van der Waals surface area contributed by atoms with E-state index in [1.807, 2.05) is 57.2 Å². The molecule has 30 heavy (non-hydrogen) atoms. The van der Waals surface area contributed by atoms with E-state index in [4.69, 9.17) is 9.26 Å². The van der Waals surface area contributed by atoms with Crippen molar-refractivity contribution in [3.05, 3.63) is 70.9 Å². The second-order valence-corrected chi connectivity index (χ2v) is 9.55. The third-order valence-corrected chi connectivity index (χ3v) is 7.35. The molecule has 1 aliphatic rings. The Morgan fingerprint density at radius 3 is 2.60 bits per heavy atom. The number of aromatic nitrogens is 2. The normalized spacial score (nSPS) is 17.4. The van der Waals surface area contributed by atoms with Gasteiger partial charge in [0.1, 0.15) is 5.75 Å². The van der Waals surface area contributed by atoms with Gasteiger partial charge in [0, 0.05) is 6.54 Å². The molecular formula is C22H25N3O4S. The first-order chi connectivity index (χ1) is 14.3. The van der Waals surface area contributed by atoms with E-state index in [1.165, 1.54) is 4.31 Å². The van der Waals surface area contributed by atoms with Crippen molar-refractivity contribution < 1.29 is 17.7 Å². The van der Waals surface area contributed by atoms with Gasteiger partial charge in [-0.1, -0.05) is 35.0 Å². The van der Waals surface area contributed by atoms with E-state index in [9.17, 15) is 8.42 Å². The van der Waals surface area contributed by atoms with Crippen LogP contribution in [0.25, 0.3) is 0 Å². The molecule has 0 N–H and O–H groups in total. The van der Waals surface area contributed by atoms with Gasteiger partial charge in [-0.3, -0.25) is 0 Å². The summed E-state index contributed by atoms with van der Waals surface area (Å²) in [5.41, 5.74) is 2.78. The molecule has 0 bridgehead atoms. The second-order valence-electron chi connectivity index (χ2n) is 7.69. The van der Waals surface area contributed by atoms with Gasteiger partial charge >= 0.3 is 0 Å². The zero-order valence-corrected chi connectivity index (χ0v) is 18.1. The van der Waals surface area contributed by atoms with Crippen LogP contribution < -0.4 is 4.74 Å². The Kier molecular flexibility index (Phi) is 5.62. The zero-order chi connectivity index (χ0) is 21.3. The third kappa shape index (κ3) is 4.11. The van der Waals surface area contributed by atoms with Crippen LogP contribution in [-0.4, -0.2) is 29.4 Å². The highest BCUT2D eigenvalue weighted by atomic mass is 32.2. The van der Waals surface area contributed by atoms with Crippen LogP contribution >= 0.6 is 0 Å². The first-order valence-electron chi connectivity index (χ1n) is 9.95. The number of rotatable bonds is 6. The first-order valence-corrected chi connectivity index (χ1v) is 11.4. The molecule has 0 saturated carbocycles. The van der Waals surface area contributed by atoms with Gasteiger partial charge in [0.15, 0.2) is 12.4 Å². The Balaban J connectivity index is 1.52. The summed E-state index contributed by atoms with van der Waals surface area (Å²) in [6, 6.07) is 12.7. The summed E-state index contributed by atoms with van der Waals surface area (Å²) in [5, 5.41) is 4.05. The van der Waals surface area contributed by atoms with Crippen molar-refractivity contribution in [3.63, 3.8) is 0 Å². The molecule has 158 valence electrons. The van der Waals surface area contributed by atoms with Crippen LogP contribution in [-0.2, 0) is 16.6 Å². The summed E-state index contributed by atoms with van der Waals surface area (Å²) in [7, 11) is -3.66. The minimum absolute atomic E-state index is 0.131. The van der Waals surface area contributed by atoms with Gasteiger partial charge in [0.2, 0.25) is 10.0 Å². The van der Waals surface area contributed by atoms with Gasteiger partial charge in [0.25, 0.3) is 5.89 Å². The lowest BCUT2D eigenvalue weighted by molar-refractivity contribution is 0.241. The standard InChI is InChI=1S/C22H25N3O4S/c1-15-7-10-18(11-8-15)28-14-21-23-22(24-29-21)19-5-4-12-25(19)30(26,27)20-13-16(2)6-9-17(20)3/h6-11,13,19H,4-5,12,14H2,1-3H3. The molecule has 1 unspecified atom stereocenters. The number of sulfonamides is 1. The Morgan fingerprint density at radius 1 is 1.10 bits per heavy atom. The van der Waals surface area contributed by atoms with Gasteiger partial charge in [-0.25, -0.2) is 8.42 Å². The summed E-state index contributed by atoms with van der Waals surface area (Å²) in [5.74, 6) is 1.41. The topological polar surface area (TPSA) is 85.5 Å². The van der Waals surface area contributed by atoms with Crippen LogP contribution in [0.15, 0.2) is 51.9 Å². The number of nitrogens with zero attached hydrogens (tertiary/aromatic N) is 3. The van der Waals surface area contributed by atoms with Gasteiger partial charge in [0.05, 0.1) is 10.9 Å². The van der Waals surface area contributed by atoms with E-state index in [-0.39, 0.29) is 6.61 Å². The minimum Gasteiger partial charge on any atom is -0.484 e. The van der Waals surface area contributed by atoms with E-state index >= 15 is 0 Å². The van der Waals surface area contributed by atoms with Gasteiger partial charge in [-0.05, 0) is 62.9 Å². The molecule has 1 aliphatic heterocycles. The van der Waals surface area contributed by atoms with Crippen LogP contribution in [0.3, 0.4) is 0 Å². The highest BCUT2D eigenvalue weighted by Crippen LogP contribution is 2.36. The number of hydrogen-bond acceptors (Lipinski definition) is 6. The molecule has 2 heterocycles. The third-order valence-electron chi connectivity index (χ3n) is 5.30. The average molecular weight is 428 g/mol. The van der Waals surface area contributed by atoms with Crippen LogP contribution in [0.5, 0.6) is 5.75 Å². The van der Waals surface area contributed by atoms with Gasteiger partial charge in [-0.15, -0.1) is 0 Å². The van der Waals surface area contributed by atoms with E-state index in [0.717, 1.165) is 23.1 Å². The van der Waals surface area contributed by atoms with Crippen LogP contribution in [0.1, 0.15) is 47.3 Å². The number of hydrogen-bond donors (Lipinski definition) is 0. The summed E-state index contributed by atoms with van der Waals surface area (Å²) in [4.78, 5) is 4.75. The summed E-state index contributed by atoms with van der Waals surface area (Å²) in [6.45, 7) is 6.27. The van der Waals surface area contributed by atoms with Crippen molar-refractivity contribution in [3.8, 4) is 5.75 Å². The fourth-order valence-electron chi connectivity index (χ4n) is 3.64. The molecule has 8 heteroatoms. The van der Waals surface area contributed by atoms with Crippen molar-refractivity contribution in [1.29, 1.82) is 0 Å². The monoisotopic (exact) mass is 427 g/mol. The van der Waals surface area contributed by atoms with Crippen LogP contribution in [0.2, 0.25) is 0 Å². The van der Waals surface area contributed by atoms with Crippen molar-refractivity contribution >= 4 is 10.0 Å². The molecule has 7 nitrogen and oxygen atoms in total. The zero-order valence-electron chi connectivity index (χ0n) is 17.3. The molecular weight excluding hydrogens is 402 g/mol. The molecule has 2 aromatic carbocycles. The first kappa shape index (κ1) is 20.6. The molecule has 1 aromatic heterocycles. The van der Waals surface area contributed by atoms with Crippen molar-refractivity contribution in [1.82, 2.24) is 14.4 Å². The lowest BCUT2D eigenvalue weighted by Gasteiger charge is -2.23. The van der Waals surface area contributed by atoms with E-state index in [1.54, 1.807) is 6.07 Å². The largest absolute Gasteiger partial charge is 0.484 e. The van der Waals surface area contributed by atoms with E-state index in [0.29, 0.717) is 35.3 Å². The highest BCUT2D eigenvalue weighted by molar-refractivity contribution is 7.89. The Labute approximate surface area is 176 Å². The molecule has 0 aliphatic carbocycles. The van der Waals surface area contributed by atoms with Crippen molar-refractivity contribution in [2.75, 3.05) is 6.54 Å². The number of aryl methyl sites for hydroxylation is 3. The number of benzene rings is 2. The second kappa shape index (κ2) is 8.20. The van der Waals surface area contributed by atoms with Gasteiger partial charge < -0.3 is 9.26 Å². The number of ether oxygens (including phenoxy) is 1. The Bertz CT molecular complexity index is 1140. The lowest BCUT2D eigenvalue weighted by atomic mass is 10.2. The maximum absolute atomic E-state index is 13.4. The maximum atomic E-state index is 13.4. The molecule has 1 atom stereocenters. The summed E-state index contributed by atoms with van der Waals surface area (Å²) in [6.07, 6.45) is 1.40. The van der Waals surface area contributed by atoms with Crippen LogP contribution in [0, 0.1) is 20.8 Å². The fraction of sp³-hybridized carbons (Fsp3) is 0.364. The molecule has 0 spiro atoms. The van der Waals surface area contributed by atoms with Crippen molar-refractivity contribution in [2.45, 2.75) is 51.2 Å². The Morgan fingerprint density at radius 2 is 1.83 bits per heavy atom. The Hall–Kier alpha value is -2.71. The van der Waals surface area contributed by atoms with Crippen molar-refractivity contribution in [2.24, 2.45) is 0 Å². The summed E-state index contributed by atoms with van der Waals surface area (Å²) < 4.78 is 39.2. The molecule has 1 saturated heterocycles. The molecule has 4 rings (SSSR count). The summed E-state index contributed by atoms with van der Waals surface area (Å²) >= 11 is 0. The molecule has 0 amide bonds. The molecule has 1 fully saturated rings. The maximum Gasteiger partial charge on any atom is 0.264 e. The lowest BCUT2D eigenvalue weighted by Crippen LogP contribution is -2.31. The predicted octanol–water partition coefficient (Wildman–Crippen LogP) is 4.10. The average Bonchev–Trinajstić information content (AvgIpc) is 3.39. The quantitative estimate of drug-likeness (QED) is 0.589. The SMILES string of the molecule is Cc1ccc(OCc2nc(C3CCCN3S(=O)(=O)c3cc(C)ccc3C)no2)cc1. The molecule has 3 aromatic rings. The fourth-order valence-corrected chi connectivity index (χ4v) is 5.61. The smallest absolute Gasteiger partial charge is 0.264 e. The van der Waals surface area contributed by atoms with E-state index in [2.05, 4.69) is 10.1 Å². The van der Waals surface area contributed by atoms with Crippen LogP contribution in [0.4, 0.5) is 0 Å². The van der Waals surface area contributed by atoms with E-state index < -0.39 is 16.1 Å². The predicted molar refractivity (Wildman–Crippen MR) is 112 cm³/mol. The molecule has 0 radical (unpaired) electrons. The van der Waals surface area contributed by atoms with Gasteiger partial charge in [-0.2, -0.15) is 9.29 Å². The highest BCUT2D eigenvalue weighted by Gasteiger charge is 2.39.